The van der Waals surface area contributed by atoms with E-state index >= 15 is 0 Å². The van der Waals surface area contributed by atoms with Crippen molar-refractivity contribution in [3.63, 3.8) is 0 Å². The second-order valence-electron chi connectivity index (χ2n) is 9.09. The topological polar surface area (TPSA) is 0 Å². The zero-order valence-corrected chi connectivity index (χ0v) is 20.5. The Bertz CT molecular complexity index is 3290. The molecule has 40 heavy (non-hydrogen) atoms. The predicted molar refractivity (Wildman–Crippen MR) is 174 cm³/mol. The fraction of sp³-hybridized carbons (Fsp3) is 0.0500. The highest BCUT2D eigenvalue weighted by Gasteiger charge is 2.18. The summed E-state index contributed by atoms with van der Waals surface area (Å²) in [5, 5.41) is -3.45. The first-order valence-electron chi connectivity index (χ1n) is 23.2. The summed E-state index contributed by atoms with van der Waals surface area (Å²) in [6.45, 7) is -3.58. The second kappa shape index (κ2) is 9.07. The van der Waals surface area contributed by atoms with Crippen LogP contribution >= 0.6 is 0 Å². The largest absolute Gasteiger partial charge is 0.0636 e. The molecule has 0 atom stereocenters. The lowest BCUT2D eigenvalue weighted by molar-refractivity contribution is 1.18. The number of fused-ring (bicyclic) bond motifs is 6. The second-order valence-corrected chi connectivity index (χ2v) is 9.09. The van der Waals surface area contributed by atoms with E-state index in [2.05, 4.69) is 0 Å². The van der Waals surface area contributed by atoms with Crippen molar-refractivity contribution in [1.82, 2.24) is 0 Å². The lowest BCUT2D eigenvalue weighted by atomic mass is 9.84. The molecule has 8 rings (SSSR count). The average Bonchev–Trinajstić information content (AvgIpc) is 3.19. The molecule has 0 heterocycles. The van der Waals surface area contributed by atoms with Crippen molar-refractivity contribution >= 4 is 53.9 Å². The molecule has 188 valence electrons. The Morgan fingerprint density at radius 1 is 0.500 bits per heavy atom. The smallest absolute Gasteiger partial charge is 0.0622 e. The number of hydrogen-bond acceptors (Lipinski definition) is 0. The summed E-state index contributed by atoms with van der Waals surface area (Å²) in [4.78, 5) is 0. The molecule has 0 aliphatic carbocycles. The molecule has 0 unspecified atom stereocenters. The van der Waals surface area contributed by atoms with Crippen molar-refractivity contribution in [1.29, 1.82) is 0 Å². The van der Waals surface area contributed by atoms with E-state index in [-0.39, 0.29) is 86.1 Å². The summed E-state index contributed by atoms with van der Waals surface area (Å²) in [5.41, 5.74) is -1.07. The highest BCUT2D eigenvalue weighted by molar-refractivity contribution is 6.25. The quantitative estimate of drug-likeness (QED) is 0.157. The number of hydrogen-bond donors (Lipinski definition) is 0. The van der Waals surface area contributed by atoms with Gasteiger partial charge in [-0.25, -0.2) is 0 Å². The minimum Gasteiger partial charge on any atom is -0.0622 e. The molecule has 0 N–H and O–H groups in total. The van der Waals surface area contributed by atoms with Gasteiger partial charge in [0.25, 0.3) is 0 Å². The fourth-order valence-corrected chi connectivity index (χ4v) is 5.42. The summed E-state index contributed by atoms with van der Waals surface area (Å²) >= 11 is 0. The molecule has 0 saturated heterocycles. The molecule has 0 nitrogen and oxygen atoms in total. The summed E-state index contributed by atoms with van der Waals surface area (Å²) in [7, 11) is 0. The van der Waals surface area contributed by atoms with Crippen LogP contribution in [0.25, 0.3) is 76.1 Å². The van der Waals surface area contributed by atoms with Crippen LogP contribution in [0.1, 0.15) is 42.6 Å². The summed E-state index contributed by atoms with van der Waals surface area (Å²) in [5.74, 6) is 0. The molecule has 0 saturated carbocycles. The predicted octanol–water partition coefficient (Wildman–Crippen LogP) is 11.3. The van der Waals surface area contributed by atoms with E-state index < -0.39 is 112 Å². The minimum atomic E-state index is -3.58. The molecule has 0 fully saturated rings. The van der Waals surface area contributed by atoms with Gasteiger partial charge in [-0.05, 0) is 94.1 Å². The molecule has 8 aromatic carbocycles. The van der Waals surface area contributed by atoms with Crippen LogP contribution in [-0.2, 0) is 6.37 Å². The van der Waals surface area contributed by atoms with Crippen molar-refractivity contribution in [2.75, 3.05) is 0 Å². The maximum absolute atomic E-state index is 9.56. The lowest BCUT2D eigenvalue weighted by Gasteiger charge is -2.19. The van der Waals surface area contributed by atoms with E-state index in [1.165, 1.54) is 36.4 Å². The van der Waals surface area contributed by atoms with Crippen molar-refractivity contribution in [2.45, 2.75) is 13.2 Å². The van der Waals surface area contributed by atoms with Crippen molar-refractivity contribution in [3.8, 4) is 22.3 Å². The van der Waals surface area contributed by atoms with Crippen molar-refractivity contribution in [3.05, 3.63) is 145 Å². The number of rotatable bonds is 3. The lowest BCUT2D eigenvalue weighted by Crippen LogP contribution is -1.92. The van der Waals surface area contributed by atoms with Crippen molar-refractivity contribution < 1.29 is 30.2 Å². The van der Waals surface area contributed by atoms with Crippen LogP contribution in [0.5, 0.6) is 0 Å². The Morgan fingerprint density at radius 3 is 1.85 bits per heavy atom. The zero-order valence-electron chi connectivity index (χ0n) is 42.5. The van der Waals surface area contributed by atoms with Crippen LogP contribution < -0.4 is 0 Å². The van der Waals surface area contributed by atoms with E-state index in [1.54, 1.807) is 0 Å². The molecule has 0 aliphatic heterocycles. The van der Waals surface area contributed by atoms with Crippen LogP contribution in [0.15, 0.2) is 139 Å². The van der Waals surface area contributed by atoms with Crippen LogP contribution in [0.2, 0.25) is 0 Å². The van der Waals surface area contributed by atoms with Crippen molar-refractivity contribution in [2.24, 2.45) is 0 Å². The Hall–Kier alpha value is -4.94. The summed E-state index contributed by atoms with van der Waals surface area (Å²) in [6, 6.07) is -3.44. The number of aryl methyl sites for hydroxylation is 1. The van der Waals surface area contributed by atoms with Crippen LogP contribution in [-0.4, -0.2) is 0 Å². The van der Waals surface area contributed by atoms with Gasteiger partial charge in [-0.3, -0.25) is 0 Å². The average molecular weight is 531 g/mol. The first kappa shape index (κ1) is 9.91. The van der Waals surface area contributed by atoms with Gasteiger partial charge >= 0.3 is 0 Å². The third-order valence-electron chi connectivity index (χ3n) is 7.08. The van der Waals surface area contributed by atoms with Gasteiger partial charge in [-0.1, -0.05) is 140 Å². The Labute approximate surface area is 265 Å². The SMILES string of the molecule is [2H]c1cc2c(-c3cc([2H])c([2H])c([2H])c3)c3cc([2H])c([2H])cc3c(-c3c([2H])c([2H])c([2H])c4c3c([2H])c([2H])c3c(C([2H])([2H])C([2H])([2H])[2H])c5c([2H])c([2H])c([2H])c([2H])c5c([2H])c34)c2cc1[2H]. The van der Waals surface area contributed by atoms with Gasteiger partial charge in [0.1, 0.15) is 0 Å². The van der Waals surface area contributed by atoms with E-state index in [9.17, 15) is 6.85 Å². The molecule has 0 spiro atoms. The summed E-state index contributed by atoms with van der Waals surface area (Å²) in [6.07, 6.45) is -3.52. The normalized spacial score (nSPS) is 20.2. The molecule has 8 aromatic rings. The van der Waals surface area contributed by atoms with Gasteiger partial charge in [0.2, 0.25) is 0 Å². The Balaban J connectivity index is 1.73. The van der Waals surface area contributed by atoms with Gasteiger partial charge in [0, 0.05) is 6.85 Å². The zero-order chi connectivity index (χ0) is 45.7. The molecule has 0 bridgehead atoms. The fourth-order valence-electron chi connectivity index (χ4n) is 5.42. The molecule has 0 radical (unpaired) electrons. The van der Waals surface area contributed by atoms with Gasteiger partial charge in [0.05, 0.1) is 23.3 Å². The van der Waals surface area contributed by atoms with Gasteiger partial charge in [-0.2, -0.15) is 0 Å². The van der Waals surface area contributed by atoms with E-state index in [0.717, 1.165) is 0 Å². The van der Waals surface area contributed by atoms with Gasteiger partial charge in [-0.15, -0.1) is 0 Å². The van der Waals surface area contributed by atoms with E-state index in [4.69, 9.17) is 23.3 Å². The Morgan fingerprint density at radius 2 is 1.12 bits per heavy atom. The third-order valence-corrected chi connectivity index (χ3v) is 7.08. The minimum absolute atomic E-state index is 0.0368. The molecule has 0 aromatic heterocycles. The van der Waals surface area contributed by atoms with Crippen LogP contribution in [0.4, 0.5) is 0 Å². The van der Waals surface area contributed by atoms with Crippen LogP contribution in [0.3, 0.4) is 0 Å². The molecule has 0 aliphatic rings. The standard InChI is InChI=1S/C40H28/c1-2-28-29-16-7-6-15-27(29)25-38-30-21-12-22-33(32(30)24-23-31(28)38)40-36-19-10-8-17-34(36)39(26-13-4-3-5-14-26)35-18-9-11-20-37(35)40/h3-25H,2H2,1H3/i1D3,2D2,3D,4D,5D,6D,7D,8D,9D,10D,11D,12D,15D,16D,21D,22D,23D,24D,25D. The maximum Gasteiger partial charge on any atom is 0.0636 e. The first-order valence-corrected chi connectivity index (χ1v) is 12.2. The van der Waals surface area contributed by atoms with Gasteiger partial charge in [0.15, 0.2) is 0 Å². The Kier molecular flexibility index (Phi) is 2.25. The molecular formula is C40H28. The third kappa shape index (κ3) is 3.33. The summed E-state index contributed by atoms with van der Waals surface area (Å²) < 4.78 is 193. The van der Waals surface area contributed by atoms with Gasteiger partial charge < -0.3 is 0 Å². The molecule has 0 heteroatoms. The van der Waals surface area contributed by atoms with Crippen LogP contribution in [0, 0.1) is 0 Å². The highest BCUT2D eigenvalue weighted by Crippen LogP contribution is 2.46. The monoisotopic (exact) mass is 530 g/mol. The molecule has 0 amide bonds. The molecular weight excluding hydrogens is 480 g/mol. The van der Waals surface area contributed by atoms with E-state index in [1.807, 2.05) is 0 Å². The maximum atomic E-state index is 9.56. The first-order chi connectivity index (χ1) is 28.8. The highest BCUT2D eigenvalue weighted by atomic mass is 14.2. The van der Waals surface area contributed by atoms with E-state index in [0.29, 0.717) is 0 Å². The number of benzene rings is 8.